The lowest BCUT2D eigenvalue weighted by molar-refractivity contribution is 0.697. The molecular weight excluding hydrogens is 214 g/mol. The molecule has 17 heavy (non-hydrogen) atoms. The van der Waals surface area contributed by atoms with Crippen molar-refractivity contribution in [3.63, 3.8) is 0 Å². The van der Waals surface area contributed by atoms with E-state index in [0.29, 0.717) is 18.4 Å². The van der Waals surface area contributed by atoms with Crippen LogP contribution in [0.4, 0.5) is 11.9 Å². The lowest BCUT2D eigenvalue weighted by Gasteiger charge is -2.03. The topological polar surface area (TPSA) is 68.8 Å². The lowest BCUT2D eigenvalue weighted by atomic mass is 10.1. The summed E-state index contributed by atoms with van der Waals surface area (Å²) in [5, 5.41) is 7.33. The Kier molecular flexibility index (Phi) is 3.27. The molecule has 0 aliphatic heterocycles. The molecule has 0 radical (unpaired) electrons. The summed E-state index contributed by atoms with van der Waals surface area (Å²) in [6, 6.07) is 8.30. The number of nitrogens with two attached hydrogens (primary N) is 1. The molecule has 90 valence electrons. The van der Waals surface area contributed by atoms with E-state index in [0.717, 1.165) is 12.1 Å². The van der Waals surface area contributed by atoms with Crippen LogP contribution in [-0.2, 0) is 6.54 Å². The van der Waals surface area contributed by atoms with Crippen LogP contribution in [0.3, 0.4) is 0 Å². The van der Waals surface area contributed by atoms with Gasteiger partial charge in [0.1, 0.15) is 0 Å². The Hall–Kier alpha value is -2.04. The van der Waals surface area contributed by atoms with Crippen LogP contribution in [0.25, 0.3) is 0 Å². The standard InChI is InChI=1S/C12H17N5/c1-3-14-12-15-11(13)17(16-12)8-10-6-4-9(2)5-7-10/h4-7H,3,8H2,1-2H3,(H3,13,14,15,16). The molecule has 1 aromatic carbocycles. The van der Waals surface area contributed by atoms with Crippen molar-refractivity contribution >= 4 is 11.9 Å². The summed E-state index contributed by atoms with van der Waals surface area (Å²) in [6.07, 6.45) is 0. The number of nitrogens with one attached hydrogen (secondary N) is 1. The zero-order chi connectivity index (χ0) is 12.3. The van der Waals surface area contributed by atoms with Gasteiger partial charge in [0.25, 0.3) is 0 Å². The van der Waals surface area contributed by atoms with Gasteiger partial charge in [-0.15, -0.1) is 5.10 Å². The van der Waals surface area contributed by atoms with Crippen molar-refractivity contribution in [1.29, 1.82) is 0 Å². The Balaban J connectivity index is 2.15. The molecule has 3 N–H and O–H groups in total. The molecule has 0 atom stereocenters. The summed E-state index contributed by atoms with van der Waals surface area (Å²) < 4.78 is 1.70. The van der Waals surface area contributed by atoms with Crippen molar-refractivity contribution in [2.45, 2.75) is 20.4 Å². The zero-order valence-electron chi connectivity index (χ0n) is 10.1. The quantitative estimate of drug-likeness (QED) is 0.839. The molecule has 0 unspecified atom stereocenters. The molecule has 0 aliphatic carbocycles. The van der Waals surface area contributed by atoms with Crippen LogP contribution in [0.2, 0.25) is 0 Å². The van der Waals surface area contributed by atoms with Crippen molar-refractivity contribution in [1.82, 2.24) is 14.8 Å². The van der Waals surface area contributed by atoms with Gasteiger partial charge >= 0.3 is 0 Å². The molecule has 0 amide bonds. The largest absolute Gasteiger partial charge is 0.368 e. The number of aromatic nitrogens is 3. The first kappa shape index (κ1) is 11.4. The van der Waals surface area contributed by atoms with Crippen molar-refractivity contribution in [3.8, 4) is 0 Å². The van der Waals surface area contributed by atoms with Gasteiger partial charge < -0.3 is 11.1 Å². The number of hydrogen-bond donors (Lipinski definition) is 2. The van der Waals surface area contributed by atoms with E-state index in [9.17, 15) is 0 Å². The number of hydrogen-bond acceptors (Lipinski definition) is 4. The van der Waals surface area contributed by atoms with Crippen LogP contribution < -0.4 is 11.1 Å². The smallest absolute Gasteiger partial charge is 0.243 e. The maximum Gasteiger partial charge on any atom is 0.243 e. The summed E-state index contributed by atoms with van der Waals surface area (Å²) in [6.45, 7) is 5.49. The van der Waals surface area contributed by atoms with Crippen LogP contribution in [0.5, 0.6) is 0 Å². The van der Waals surface area contributed by atoms with Crippen LogP contribution in [0.15, 0.2) is 24.3 Å². The maximum absolute atomic E-state index is 5.80. The molecule has 0 spiro atoms. The van der Waals surface area contributed by atoms with E-state index in [1.165, 1.54) is 5.56 Å². The Morgan fingerprint density at radius 3 is 2.65 bits per heavy atom. The number of rotatable bonds is 4. The molecule has 0 fully saturated rings. The summed E-state index contributed by atoms with van der Waals surface area (Å²) in [5.74, 6) is 1.01. The van der Waals surface area contributed by atoms with E-state index in [4.69, 9.17) is 5.73 Å². The van der Waals surface area contributed by atoms with E-state index >= 15 is 0 Å². The Morgan fingerprint density at radius 2 is 2.00 bits per heavy atom. The van der Waals surface area contributed by atoms with Gasteiger partial charge in [-0.3, -0.25) is 0 Å². The molecule has 0 bridgehead atoms. The summed E-state index contributed by atoms with van der Waals surface area (Å²) >= 11 is 0. The summed E-state index contributed by atoms with van der Waals surface area (Å²) in [5.41, 5.74) is 8.21. The van der Waals surface area contributed by atoms with Crippen molar-refractivity contribution in [3.05, 3.63) is 35.4 Å². The van der Waals surface area contributed by atoms with Gasteiger partial charge in [0.05, 0.1) is 6.54 Å². The first-order chi connectivity index (χ1) is 8.19. The minimum atomic E-state index is 0.432. The van der Waals surface area contributed by atoms with Crippen molar-refractivity contribution in [2.24, 2.45) is 0 Å². The SMILES string of the molecule is CCNc1nc(N)n(Cc2ccc(C)cc2)n1. The first-order valence-electron chi connectivity index (χ1n) is 5.68. The molecule has 0 saturated heterocycles. The molecule has 2 aromatic rings. The van der Waals surface area contributed by atoms with Gasteiger partial charge in [-0.1, -0.05) is 29.8 Å². The van der Waals surface area contributed by atoms with E-state index < -0.39 is 0 Å². The number of nitrogens with zero attached hydrogens (tertiary/aromatic N) is 3. The van der Waals surface area contributed by atoms with Gasteiger partial charge in [0.15, 0.2) is 0 Å². The van der Waals surface area contributed by atoms with Gasteiger partial charge in [0.2, 0.25) is 11.9 Å². The number of aryl methyl sites for hydroxylation is 1. The first-order valence-corrected chi connectivity index (χ1v) is 5.68. The van der Waals surface area contributed by atoms with Gasteiger partial charge in [-0.2, -0.15) is 4.98 Å². The third-order valence-electron chi connectivity index (χ3n) is 2.49. The second-order valence-corrected chi connectivity index (χ2v) is 3.97. The van der Waals surface area contributed by atoms with Crippen LogP contribution in [0.1, 0.15) is 18.1 Å². The average Bonchev–Trinajstić information content (AvgIpc) is 2.63. The molecule has 1 heterocycles. The summed E-state index contributed by atoms with van der Waals surface area (Å²) in [7, 11) is 0. The van der Waals surface area contributed by atoms with Crippen molar-refractivity contribution < 1.29 is 0 Å². The fraction of sp³-hybridized carbons (Fsp3) is 0.333. The predicted octanol–water partition coefficient (Wildman–Crippen LogP) is 1.65. The predicted molar refractivity (Wildman–Crippen MR) is 68.9 cm³/mol. The number of benzene rings is 1. The molecule has 2 rings (SSSR count). The van der Waals surface area contributed by atoms with E-state index in [1.54, 1.807) is 4.68 Å². The second kappa shape index (κ2) is 4.86. The Bertz CT molecular complexity index is 486. The van der Waals surface area contributed by atoms with Crippen LogP contribution in [-0.4, -0.2) is 21.3 Å². The molecular formula is C12H17N5. The maximum atomic E-state index is 5.80. The lowest BCUT2D eigenvalue weighted by Crippen LogP contribution is -2.06. The minimum absolute atomic E-state index is 0.432. The van der Waals surface area contributed by atoms with Crippen LogP contribution >= 0.6 is 0 Å². The Morgan fingerprint density at radius 1 is 1.29 bits per heavy atom. The van der Waals surface area contributed by atoms with E-state index in [1.807, 2.05) is 6.92 Å². The normalized spacial score (nSPS) is 10.5. The zero-order valence-corrected chi connectivity index (χ0v) is 10.1. The average molecular weight is 231 g/mol. The second-order valence-electron chi connectivity index (χ2n) is 3.97. The highest BCUT2D eigenvalue weighted by Crippen LogP contribution is 2.09. The van der Waals surface area contributed by atoms with Gasteiger partial charge in [-0.05, 0) is 19.4 Å². The highest BCUT2D eigenvalue weighted by atomic mass is 15.4. The fourth-order valence-corrected chi connectivity index (χ4v) is 1.57. The Labute approximate surface area is 101 Å². The third-order valence-corrected chi connectivity index (χ3v) is 2.49. The molecule has 1 aromatic heterocycles. The van der Waals surface area contributed by atoms with Gasteiger partial charge in [0, 0.05) is 6.54 Å². The summed E-state index contributed by atoms with van der Waals surface area (Å²) in [4.78, 5) is 4.13. The molecule has 5 heteroatoms. The highest BCUT2D eigenvalue weighted by Gasteiger charge is 2.06. The molecule has 0 saturated carbocycles. The number of anilines is 2. The molecule has 0 aliphatic rings. The number of nitrogen functional groups attached to an aromatic ring is 1. The highest BCUT2D eigenvalue weighted by molar-refractivity contribution is 5.32. The van der Waals surface area contributed by atoms with Gasteiger partial charge in [-0.25, -0.2) is 4.68 Å². The van der Waals surface area contributed by atoms with E-state index in [2.05, 4.69) is 46.6 Å². The fourth-order valence-electron chi connectivity index (χ4n) is 1.57. The third kappa shape index (κ3) is 2.75. The van der Waals surface area contributed by atoms with Crippen molar-refractivity contribution in [2.75, 3.05) is 17.6 Å². The van der Waals surface area contributed by atoms with Crippen LogP contribution in [0, 0.1) is 6.92 Å². The minimum Gasteiger partial charge on any atom is -0.368 e. The monoisotopic (exact) mass is 231 g/mol. The van der Waals surface area contributed by atoms with E-state index in [-0.39, 0.29) is 0 Å². The molecule has 5 nitrogen and oxygen atoms in total.